The van der Waals surface area contributed by atoms with Crippen molar-refractivity contribution in [1.29, 1.82) is 0 Å². The number of azide groups is 1. The maximum absolute atomic E-state index is 11.6. The van der Waals surface area contributed by atoms with E-state index in [1.54, 1.807) is 30.4 Å². The van der Waals surface area contributed by atoms with Gasteiger partial charge in [-0.25, -0.2) is 4.79 Å². The standard InChI is InChI=1S/C11H9N5O2/c12-16-13-5-1-2-7-3-4-9-8(6-7)10(17)15-11(18)14-9/h1-4,6H,5H2,(H2,14,15,17,18). The van der Waals surface area contributed by atoms with Crippen LogP contribution in [0, 0.1) is 0 Å². The number of aromatic amines is 2. The molecule has 0 atom stereocenters. The van der Waals surface area contributed by atoms with Crippen LogP contribution in [0.4, 0.5) is 0 Å². The minimum atomic E-state index is -0.529. The number of hydrogen-bond acceptors (Lipinski definition) is 3. The molecule has 1 aromatic heterocycles. The van der Waals surface area contributed by atoms with Gasteiger partial charge in [0.25, 0.3) is 5.56 Å². The van der Waals surface area contributed by atoms with E-state index in [-0.39, 0.29) is 6.54 Å². The summed E-state index contributed by atoms with van der Waals surface area (Å²) in [6.45, 7) is 0.247. The molecular formula is C11H9N5O2. The molecule has 0 amide bonds. The minimum Gasteiger partial charge on any atom is -0.307 e. The molecule has 0 aliphatic carbocycles. The lowest BCUT2D eigenvalue weighted by atomic mass is 10.1. The lowest BCUT2D eigenvalue weighted by Gasteiger charge is -1.98. The molecule has 1 heterocycles. The van der Waals surface area contributed by atoms with Gasteiger partial charge in [0.1, 0.15) is 0 Å². The van der Waals surface area contributed by atoms with Crippen LogP contribution in [0.2, 0.25) is 0 Å². The van der Waals surface area contributed by atoms with E-state index in [1.165, 1.54) is 0 Å². The molecule has 7 nitrogen and oxygen atoms in total. The van der Waals surface area contributed by atoms with Crippen molar-refractivity contribution in [2.75, 3.05) is 6.54 Å². The van der Waals surface area contributed by atoms with Crippen molar-refractivity contribution in [3.63, 3.8) is 0 Å². The first-order valence-electron chi connectivity index (χ1n) is 5.14. The zero-order valence-corrected chi connectivity index (χ0v) is 9.25. The molecule has 0 radical (unpaired) electrons. The molecule has 0 fully saturated rings. The van der Waals surface area contributed by atoms with Gasteiger partial charge in [-0.1, -0.05) is 23.3 Å². The zero-order chi connectivity index (χ0) is 13.0. The van der Waals surface area contributed by atoms with Gasteiger partial charge in [0.15, 0.2) is 0 Å². The Hall–Kier alpha value is -2.79. The van der Waals surface area contributed by atoms with Crippen molar-refractivity contribution in [3.8, 4) is 0 Å². The molecule has 0 spiro atoms. The second kappa shape index (κ2) is 5.03. The predicted octanol–water partition coefficient (Wildman–Crippen LogP) is 1.54. The third-order valence-corrected chi connectivity index (χ3v) is 2.32. The smallest absolute Gasteiger partial charge is 0.307 e. The lowest BCUT2D eigenvalue weighted by Crippen LogP contribution is -2.21. The molecule has 0 bridgehead atoms. The molecule has 90 valence electrons. The Morgan fingerprint density at radius 3 is 2.94 bits per heavy atom. The molecule has 2 N–H and O–H groups in total. The van der Waals surface area contributed by atoms with Crippen LogP contribution in [-0.2, 0) is 0 Å². The second-order valence-electron chi connectivity index (χ2n) is 3.53. The third-order valence-electron chi connectivity index (χ3n) is 2.32. The van der Waals surface area contributed by atoms with Crippen LogP contribution in [-0.4, -0.2) is 16.5 Å². The number of hydrogen-bond donors (Lipinski definition) is 2. The lowest BCUT2D eigenvalue weighted by molar-refractivity contribution is 1.08. The van der Waals surface area contributed by atoms with E-state index in [1.807, 2.05) is 0 Å². The Labute approximate surface area is 100 Å². The SMILES string of the molecule is [N-]=[N+]=NCC=Cc1ccc2[nH]c(=O)[nH]c(=O)c2c1. The molecule has 2 rings (SSSR count). The van der Waals surface area contributed by atoms with Crippen molar-refractivity contribution in [3.05, 3.63) is 61.1 Å². The van der Waals surface area contributed by atoms with Crippen molar-refractivity contribution < 1.29 is 0 Å². The maximum Gasteiger partial charge on any atom is 0.326 e. The summed E-state index contributed by atoms with van der Waals surface area (Å²) in [6, 6.07) is 5.06. The quantitative estimate of drug-likeness (QED) is 0.483. The molecule has 0 aliphatic rings. The normalized spacial score (nSPS) is 10.7. The molecule has 0 saturated heterocycles. The van der Waals surface area contributed by atoms with Gasteiger partial charge >= 0.3 is 5.69 Å². The molecular weight excluding hydrogens is 234 g/mol. The highest BCUT2D eigenvalue weighted by atomic mass is 16.2. The number of fused-ring (bicyclic) bond motifs is 1. The molecule has 0 aliphatic heterocycles. The molecule has 0 unspecified atom stereocenters. The first kappa shape index (κ1) is 11.7. The van der Waals surface area contributed by atoms with E-state index in [0.717, 1.165) is 5.56 Å². The topological polar surface area (TPSA) is 114 Å². The number of benzene rings is 1. The largest absolute Gasteiger partial charge is 0.326 e. The molecule has 18 heavy (non-hydrogen) atoms. The van der Waals surface area contributed by atoms with Crippen molar-refractivity contribution in [2.24, 2.45) is 5.11 Å². The van der Waals surface area contributed by atoms with Gasteiger partial charge in [0.2, 0.25) is 0 Å². The predicted molar refractivity (Wildman–Crippen MR) is 68.2 cm³/mol. The van der Waals surface area contributed by atoms with Gasteiger partial charge in [-0.15, -0.1) is 0 Å². The van der Waals surface area contributed by atoms with Crippen LogP contribution < -0.4 is 11.2 Å². The van der Waals surface area contributed by atoms with Gasteiger partial charge in [-0.2, -0.15) is 0 Å². The first-order chi connectivity index (χ1) is 8.70. The summed E-state index contributed by atoms with van der Waals surface area (Å²) in [4.78, 5) is 29.9. The van der Waals surface area contributed by atoms with Crippen LogP contribution in [0.3, 0.4) is 0 Å². The Morgan fingerprint density at radius 1 is 1.33 bits per heavy atom. The Kier molecular flexibility index (Phi) is 3.26. The highest BCUT2D eigenvalue weighted by Gasteiger charge is 2.00. The van der Waals surface area contributed by atoms with Crippen molar-refractivity contribution >= 4 is 17.0 Å². The van der Waals surface area contributed by atoms with Gasteiger partial charge in [-0.05, 0) is 23.2 Å². The van der Waals surface area contributed by atoms with Crippen LogP contribution in [0.1, 0.15) is 5.56 Å². The summed E-state index contributed by atoms with van der Waals surface area (Å²) in [7, 11) is 0. The van der Waals surface area contributed by atoms with Gasteiger partial charge in [0, 0.05) is 11.5 Å². The van der Waals surface area contributed by atoms with E-state index < -0.39 is 11.2 Å². The van der Waals surface area contributed by atoms with Crippen molar-refractivity contribution in [2.45, 2.75) is 0 Å². The number of H-pyrrole nitrogens is 2. The van der Waals surface area contributed by atoms with Crippen LogP contribution >= 0.6 is 0 Å². The van der Waals surface area contributed by atoms with E-state index in [9.17, 15) is 9.59 Å². The van der Waals surface area contributed by atoms with Gasteiger partial charge in [0.05, 0.1) is 10.9 Å². The average molecular weight is 243 g/mol. The fourth-order valence-electron chi connectivity index (χ4n) is 1.56. The third kappa shape index (κ3) is 2.47. The molecule has 1 aromatic carbocycles. The van der Waals surface area contributed by atoms with E-state index in [2.05, 4.69) is 20.0 Å². The minimum absolute atomic E-state index is 0.247. The summed E-state index contributed by atoms with van der Waals surface area (Å²) in [6.07, 6.45) is 3.42. The van der Waals surface area contributed by atoms with E-state index in [0.29, 0.717) is 10.9 Å². The van der Waals surface area contributed by atoms with E-state index in [4.69, 9.17) is 5.53 Å². The second-order valence-corrected chi connectivity index (χ2v) is 3.53. The van der Waals surface area contributed by atoms with Crippen LogP contribution in [0.25, 0.3) is 27.4 Å². The number of nitrogens with zero attached hydrogens (tertiary/aromatic N) is 3. The highest BCUT2D eigenvalue weighted by molar-refractivity contribution is 5.80. The molecule has 0 saturated carbocycles. The summed E-state index contributed by atoms with van der Waals surface area (Å²) < 4.78 is 0. The fourth-order valence-corrected chi connectivity index (χ4v) is 1.56. The average Bonchev–Trinajstić information content (AvgIpc) is 2.35. The van der Waals surface area contributed by atoms with Crippen LogP contribution in [0.15, 0.2) is 39.0 Å². The molecule has 7 heteroatoms. The summed E-state index contributed by atoms with van der Waals surface area (Å²) >= 11 is 0. The summed E-state index contributed by atoms with van der Waals surface area (Å²) in [5.41, 5.74) is 8.42. The Balaban J connectivity index is 2.44. The van der Waals surface area contributed by atoms with Crippen LogP contribution in [0.5, 0.6) is 0 Å². The summed E-state index contributed by atoms with van der Waals surface area (Å²) in [5.74, 6) is 0. The van der Waals surface area contributed by atoms with Gasteiger partial charge < -0.3 is 4.98 Å². The Bertz CT molecular complexity index is 765. The maximum atomic E-state index is 11.6. The molecule has 2 aromatic rings. The Morgan fingerprint density at radius 2 is 2.17 bits per heavy atom. The summed E-state index contributed by atoms with van der Waals surface area (Å²) in [5, 5.41) is 3.76. The number of aromatic nitrogens is 2. The first-order valence-corrected chi connectivity index (χ1v) is 5.14. The van der Waals surface area contributed by atoms with Gasteiger partial charge in [-0.3, -0.25) is 9.78 Å². The number of rotatable bonds is 3. The highest BCUT2D eigenvalue weighted by Crippen LogP contribution is 2.10. The zero-order valence-electron chi connectivity index (χ0n) is 9.25. The van der Waals surface area contributed by atoms with E-state index >= 15 is 0 Å². The van der Waals surface area contributed by atoms with Crippen molar-refractivity contribution in [1.82, 2.24) is 9.97 Å². The fraction of sp³-hybridized carbons (Fsp3) is 0.0909. The number of nitrogens with one attached hydrogen (secondary N) is 2. The monoisotopic (exact) mass is 243 g/mol.